The zero-order chi connectivity index (χ0) is 13.8. The summed E-state index contributed by atoms with van der Waals surface area (Å²) in [4.78, 5) is 22.1. The Balaban J connectivity index is 2.17. The first-order valence-electron chi connectivity index (χ1n) is 5.76. The van der Waals surface area contributed by atoms with Crippen molar-refractivity contribution in [1.29, 1.82) is 0 Å². The number of carbonyl (C=O) groups is 1. The normalized spacial score (nSPS) is 10.3. The standard InChI is InChI=1S/C12H16N6O/c1-17-7-6-14-10(17)8-18(2)12(19)9-4-3-5-15-11(9)16-13/h3-7H,8,13H2,1-2H3,(H,15,16). The molecule has 0 spiro atoms. The van der Waals surface area contributed by atoms with Gasteiger partial charge in [-0.3, -0.25) is 4.79 Å². The van der Waals surface area contributed by atoms with E-state index in [1.54, 1.807) is 36.5 Å². The van der Waals surface area contributed by atoms with Crippen molar-refractivity contribution in [3.05, 3.63) is 42.1 Å². The fourth-order valence-electron chi connectivity index (χ4n) is 1.73. The van der Waals surface area contributed by atoms with Crippen molar-refractivity contribution in [2.45, 2.75) is 6.54 Å². The average molecular weight is 260 g/mol. The Morgan fingerprint density at radius 3 is 2.89 bits per heavy atom. The van der Waals surface area contributed by atoms with E-state index in [9.17, 15) is 4.79 Å². The van der Waals surface area contributed by atoms with Crippen LogP contribution < -0.4 is 11.3 Å². The summed E-state index contributed by atoms with van der Waals surface area (Å²) in [5.74, 6) is 6.35. The fraction of sp³-hybridized carbons (Fsp3) is 0.250. The predicted octanol–water partition coefficient (Wildman–Crippen LogP) is 0.373. The van der Waals surface area contributed by atoms with Crippen LogP contribution in [-0.4, -0.2) is 32.4 Å². The maximum atomic E-state index is 12.3. The number of nitrogen functional groups attached to an aromatic ring is 1. The number of hydrogen-bond donors (Lipinski definition) is 2. The van der Waals surface area contributed by atoms with Crippen LogP contribution in [0.25, 0.3) is 0 Å². The third kappa shape index (κ3) is 2.71. The van der Waals surface area contributed by atoms with Crippen LogP contribution in [-0.2, 0) is 13.6 Å². The van der Waals surface area contributed by atoms with E-state index in [4.69, 9.17) is 5.84 Å². The molecule has 19 heavy (non-hydrogen) atoms. The van der Waals surface area contributed by atoms with Crippen molar-refractivity contribution in [3.63, 3.8) is 0 Å². The first kappa shape index (κ1) is 13.0. The fourth-order valence-corrected chi connectivity index (χ4v) is 1.73. The summed E-state index contributed by atoms with van der Waals surface area (Å²) in [5.41, 5.74) is 2.85. The van der Waals surface area contributed by atoms with E-state index in [1.807, 2.05) is 17.8 Å². The molecule has 2 rings (SSSR count). The van der Waals surface area contributed by atoms with Crippen LogP contribution in [0.4, 0.5) is 5.82 Å². The molecule has 0 aliphatic carbocycles. The summed E-state index contributed by atoms with van der Waals surface area (Å²) in [5, 5.41) is 0. The number of amides is 1. The number of carbonyl (C=O) groups excluding carboxylic acids is 1. The number of hydrazine groups is 1. The molecule has 2 aromatic heterocycles. The number of pyridine rings is 1. The zero-order valence-electron chi connectivity index (χ0n) is 10.9. The van der Waals surface area contributed by atoms with Gasteiger partial charge >= 0.3 is 0 Å². The molecule has 0 radical (unpaired) electrons. The topological polar surface area (TPSA) is 89.1 Å². The molecule has 0 aromatic carbocycles. The number of aromatic nitrogens is 3. The number of nitrogens with two attached hydrogens (primary N) is 1. The SMILES string of the molecule is CN(Cc1nccn1C)C(=O)c1cccnc1NN. The molecule has 0 bridgehead atoms. The minimum Gasteiger partial charge on any atom is -0.337 e. The van der Waals surface area contributed by atoms with Gasteiger partial charge < -0.3 is 14.9 Å². The van der Waals surface area contributed by atoms with Gasteiger partial charge in [-0.2, -0.15) is 0 Å². The van der Waals surface area contributed by atoms with E-state index in [-0.39, 0.29) is 5.91 Å². The van der Waals surface area contributed by atoms with Gasteiger partial charge in [0.2, 0.25) is 0 Å². The summed E-state index contributed by atoms with van der Waals surface area (Å²) in [6, 6.07) is 3.38. The predicted molar refractivity (Wildman–Crippen MR) is 71.1 cm³/mol. The lowest BCUT2D eigenvalue weighted by Crippen LogP contribution is -2.29. The summed E-state index contributed by atoms with van der Waals surface area (Å²) in [7, 11) is 3.60. The second-order valence-corrected chi connectivity index (χ2v) is 4.16. The molecule has 0 fully saturated rings. The van der Waals surface area contributed by atoms with Crippen molar-refractivity contribution in [2.75, 3.05) is 12.5 Å². The summed E-state index contributed by atoms with van der Waals surface area (Å²) >= 11 is 0. The molecule has 0 aliphatic heterocycles. The molecule has 0 saturated carbocycles. The monoisotopic (exact) mass is 260 g/mol. The Labute approximate surface area is 111 Å². The van der Waals surface area contributed by atoms with Crippen molar-refractivity contribution >= 4 is 11.7 Å². The quantitative estimate of drug-likeness (QED) is 0.612. The smallest absolute Gasteiger partial charge is 0.257 e. The third-order valence-electron chi connectivity index (χ3n) is 2.82. The Hall–Kier alpha value is -2.41. The van der Waals surface area contributed by atoms with Gasteiger partial charge in [0.15, 0.2) is 5.82 Å². The Bertz CT molecular complexity index is 579. The first-order valence-corrected chi connectivity index (χ1v) is 5.76. The van der Waals surface area contributed by atoms with Gasteiger partial charge in [-0.25, -0.2) is 15.8 Å². The second-order valence-electron chi connectivity index (χ2n) is 4.16. The molecular weight excluding hydrogens is 244 g/mol. The van der Waals surface area contributed by atoms with E-state index in [2.05, 4.69) is 15.4 Å². The van der Waals surface area contributed by atoms with Gasteiger partial charge in [0, 0.05) is 32.7 Å². The number of anilines is 1. The zero-order valence-corrected chi connectivity index (χ0v) is 10.9. The highest BCUT2D eigenvalue weighted by atomic mass is 16.2. The van der Waals surface area contributed by atoms with Gasteiger partial charge in [-0.05, 0) is 12.1 Å². The molecule has 2 heterocycles. The second kappa shape index (κ2) is 5.49. The molecule has 0 atom stereocenters. The van der Waals surface area contributed by atoms with Crippen LogP contribution in [0.15, 0.2) is 30.7 Å². The molecule has 2 aromatic rings. The maximum absolute atomic E-state index is 12.3. The lowest BCUT2D eigenvalue weighted by Gasteiger charge is -2.18. The summed E-state index contributed by atoms with van der Waals surface area (Å²) in [6.07, 6.45) is 5.11. The summed E-state index contributed by atoms with van der Waals surface area (Å²) < 4.78 is 1.87. The molecule has 0 aliphatic rings. The number of hydrogen-bond acceptors (Lipinski definition) is 5. The highest BCUT2D eigenvalue weighted by Gasteiger charge is 2.17. The third-order valence-corrected chi connectivity index (χ3v) is 2.82. The van der Waals surface area contributed by atoms with Gasteiger partial charge in [0.25, 0.3) is 5.91 Å². The Morgan fingerprint density at radius 1 is 1.47 bits per heavy atom. The molecular formula is C12H16N6O. The number of aryl methyl sites for hydroxylation is 1. The number of imidazole rings is 1. The molecule has 7 heteroatoms. The highest BCUT2D eigenvalue weighted by molar-refractivity contribution is 5.98. The van der Waals surface area contributed by atoms with Gasteiger partial charge in [-0.15, -0.1) is 0 Å². The highest BCUT2D eigenvalue weighted by Crippen LogP contribution is 2.13. The van der Waals surface area contributed by atoms with E-state index < -0.39 is 0 Å². The Morgan fingerprint density at radius 2 is 2.26 bits per heavy atom. The minimum atomic E-state index is -0.163. The molecule has 100 valence electrons. The van der Waals surface area contributed by atoms with Gasteiger partial charge in [-0.1, -0.05) is 0 Å². The van der Waals surface area contributed by atoms with Crippen LogP contribution in [0.1, 0.15) is 16.2 Å². The minimum absolute atomic E-state index is 0.163. The summed E-state index contributed by atoms with van der Waals surface area (Å²) in [6.45, 7) is 0.418. The molecule has 0 unspecified atom stereocenters. The van der Waals surface area contributed by atoms with E-state index >= 15 is 0 Å². The number of nitrogens with zero attached hydrogens (tertiary/aromatic N) is 4. The van der Waals surface area contributed by atoms with Crippen molar-refractivity contribution < 1.29 is 4.79 Å². The lowest BCUT2D eigenvalue weighted by atomic mass is 10.2. The Kier molecular flexibility index (Phi) is 3.76. The van der Waals surface area contributed by atoms with E-state index in [0.29, 0.717) is 17.9 Å². The maximum Gasteiger partial charge on any atom is 0.257 e. The van der Waals surface area contributed by atoms with Crippen molar-refractivity contribution in [1.82, 2.24) is 19.4 Å². The first-order chi connectivity index (χ1) is 9.13. The van der Waals surface area contributed by atoms with Crippen LogP contribution in [0.5, 0.6) is 0 Å². The number of rotatable bonds is 4. The van der Waals surface area contributed by atoms with Crippen LogP contribution in [0.2, 0.25) is 0 Å². The van der Waals surface area contributed by atoms with Crippen LogP contribution >= 0.6 is 0 Å². The largest absolute Gasteiger partial charge is 0.337 e. The van der Waals surface area contributed by atoms with E-state index in [0.717, 1.165) is 5.82 Å². The van der Waals surface area contributed by atoms with Gasteiger partial charge in [0.05, 0.1) is 12.1 Å². The van der Waals surface area contributed by atoms with Gasteiger partial charge in [0.1, 0.15) is 5.82 Å². The van der Waals surface area contributed by atoms with Crippen molar-refractivity contribution in [2.24, 2.45) is 12.9 Å². The van der Waals surface area contributed by atoms with Crippen molar-refractivity contribution in [3.8, 4) is 0 Å². The average Bonchev–Trinajstić information content (AvgIpc) is 2.83. The lowest BCUT2D eigenvalue weighted by molar-refractivity contribution is 0.0781. The molecule has 7 nitrogen and oxygen atoms in total. The van der Waals surface area contributed by atoms with Crippen LogP contribution in [0, 0.1) is 0 Å². The number of nitrogens with one attached hydrogen (secondary N) is 1. The molecule has 0 saturated heterocycles. The molecule has 1 amide bonds. The molecule has 3 N–H and O–H groups in total. The van der Waals surface area contributed by atoms with E-state index in [1.165, 1.54) is 0 Å². The van der Waals surface area contributed by atoms with Crippen LogP contribution in [0.3, 0.4) is 0 Å².